The van der Waals surface area contributed by atoms with Crippen LogP contribution in [0.1, 0.15) is 13.3 Å². The number of ether oxygens (including phenoxy) is 1. The first-order valence-electron chi connectivity index (χ1n) is 8.73. The van der Waals surface area contributed by atoms with E-state index in [9.17, 15) is 9.50 Å². The Morgan fingerprint density at radius 2 is 2.11 bits per heavy atom. The third-order valence-electron chi connectivity index (χ3n) is 3.48. The number of aliphatic hydroxyl groups excluding tert-OH is 1. The lowest BCUT2D eigenvalue weighted by Crippen LogP contribution is -2.39. The van der Waals surface area contributed by atoms with Gasteiger partial charge in [-0.15, -0.1) is 24.0 Å². The number of hydrogen-bond acceptors (Lipinski definition) is 4. The van der Waals surface area contributed by atoms with Crippen molar-refractivity contribution < 1.29 is 14.2 Å². The molecule has 0 aliphatic rings. The van der Waals surface area contributed by atoms with Gasteiger partial charge in [-0.1, -0.05) is 0 Å². The molecule has 0 saturated carbocycles. The number of halogens is 2. The Hall–Kier alpha value is -1.88. The summed E-state index contributed by atoms with van der Waals surface area (Å²) in [5.74, 6) is 0.836. The van der Waals surface area contributed by atoms with Crippen molar-refractivity contribution in [2.45, 2.75) is 26.0 Å². The molecule has 1 aromatic carbocycles. The van der Waals surface area contributed by atoms with Crippen LogP contribution in [-0.4, -0.2) is 53.2 Å². The second-order valence-corrected chi connectivity index (χ2v) is 5.69. The largest absolute Gasteiger partial charge is 0.491 e. The highest BCUT2D eigenvalue weighted by molar-refractivity contribution is 14.0. The SMILES string of the molecule is CCNC(=NCC(O)COc1ccc(F)cc1)NCCCn1cccn1.I. The van der Waals surface area contributed by atoms with E-state index in [1.54, 1.807) is 6.20 Å². The van der Waals surface area contributed by atoms with Gasteiger partial charge in [0.2, 0.25) is 0 Å². The molecule has 7 nitrogen and oxygen atoms in total. The van der Waals surface area contributed by atoms with Crippen LogP contribution in [0.25, 0.3) is 0 Å². The highest BCUT2D eigenvalue weighted by Gasteiger charge is 2.06. The average Bonchev–Trinajstić information content (AvgIpc) is 3.16. The molecular formula is C18H27FIN5O2. The fraction of sp³-hybridized carbons (Fsp3) is 0.444. The lowest BCUT2D eigenvalue weighted by atomic mass is 10.3. The van der Waals surface area contributed by atoms with Crippen LogP contribution in [0.3, 0.4) is 0 Å². The fourth-order valence-electron chi connectivity index (χ4n) is 2.19. The molecule has 2 rings (SSSR count). The summed E-state index contributed by atoms with van der Waals surface area (Å²) in [6.07, 6.45) is 3.84. The van der Waals surface area contributed by atoms with Crippen molar-refractivity contribution in [1.29, 1.82) is 0 Å². The number of rotatable bonds is 10. The highest BCUT2D eigenvalue weighted by atomic mass is 127. The number of aromatic nitrogens is 2. The summed E-state index contributed by atoms with van der Waals surface area (Å²) in [6, 6.07) is 7.58. The van der Waals surface area contributed by atoms with Crippen molar-refractivity contribution in [2.24, 2.45) is 4.99 Å². The van der Waals surface area contributed by atoms with Crippen LogP contribution in [0.4, 0.5) is 4.39 Å². The van der Waals surface area contributed by atoms with Gasteiger partial charge in [0.25, 0.3) is 0 Å². The van der Waals surface area contributed by atoms with Crippen molar-refractivity contribution in [3.05, 3.63) is 48.5 Å². The van der Waals surface area contributed by atoms with E-state index in [-0.39, 0.29) is 42.9 Å². The molecule has 0 spiro atoms. The van der Waals surface area contributed by atoms with Gasteiger partial charge in [0.05, 0.1) is 6.54 Å². The molecule has 1 aromatic heterocycles. The first-order chi connectivity index (χ1) is 12.7. The van der Waals surface area contributed by atoms with Crippen LogP contribution in [0.2, 0.25) is 0 Å². The summed E-state index contributed by atoms with van der Waals surface area (Å²) in [6.45, 7) is 4.58. The zero-order chi connectivity index (χ0) is 18.6. The molecule has 0 aliphatic carbocycles. The number of nitrogens with one attached hydrogen (secondary N) is 2. The second-order valence-electron chi connectivity index (χ2n) is 5.69. The molecule has 1 heterocycles. The van der Waals surface area contributed by atoms with Crippen molar-refractivity contribution >= 4 is 29.9 Å². The minimum atomic E-state index is -0.750. The van der Waals surface area contributed by atoms with E-state index in [0.29, 0.717) is 11.7 Å². The number of aliphatic hydroxyl groups is 1. The number of aliphatic imine (C=N–C) groups is 1. The number of guanidine groups is 1. The number of nitrogens with zero attached hydrogens (tertiary/aromatic N) is 3. The van der Waals surface area contributed by atoms with E-state index in [0.717, 1.165) is 26.1 Å². The molecule has 3 N–H and O–H groups in total. The fourth-order valence-corrected chi connectivity index (χ4v) is 2.19. The van der Waals surface area contributed by atoms with Gasteiger partial charge >= 0.3 is 0 Å². The normalized spacial score (nSPS) is 12.2. The molecule has 150 valence electrons. The van der Waals surface area contributed by atoms with Crippen molar-refractivity contribution in [3.8, 4) is 5.75 Å². The molecule has 0 amide bonds. The van der Waals surface area contributed by atoms with Crippen LogP contribution < -0.4 is 15.4 Å². The number of aryl methyl sites for hydroxylation is 1. The van der Waals surface area contributed by atoms with Crippen molar-refractivity contribution in [2.75, 3.05) is 26.2 Å². The molecular weight excluding hydrogens is 464 g/mol. The molecule has 2 aromatic rings. The van der Waals surface area contributed by atoms with Gasteiger partial charge < -0.3 is 20.5 Å². The van der Waals surface area contributed by atoms with Gasteiger partial charge in [-0.2, -0.15) is 5.10 Å². The lowest BCUT2D eigenvalue weighted by molar-refractivity contribution is 0.114. The Morgan fingerprint density at radius 1 is 1.33 bits per heavy atom. The van der Waals surface area contributed by atoms with Crippen molar-refractivity contribution in [1.82, 2.24) is 20.4 Å². The Balaban J connectivity index is 0.00000364. The summed E-state index contributed by atoms with van der Waals surface area (Å²) < 4.78 is 20.1. The molecule has 0 aliphatic heterocycles. The smallest absolute Gasteiger partial charge is 0.191 e. The topological polar surface area (TPSA) is 83.7 Å². The summed E-state index contributed by atoms with van der Waals surface area (Å²) in [5.41, 5.74) is 0. The Kier molecular flexibility index (Phi) is 11.4. The maximum Gasteiger partial charge on any atom is 0.191 e. The lowest BCUT2D eigenvalue weighted by Gasteiger charge is -2.14. The molecule has 0 radical (unpaired) electrons. The van der Waals surface area contributed by atoms with Crippen LogP contribution in [-0.2, 0) is 6.54 Å². The maximum atomic E-state index is 12.8. The number of hydrogen-bond donors (Lipinski definition) is 3. The third kappa shape index (κ3) is 9.57. The average molecular weight is 491 g/mol. The van der Waals surface area contributed by atoms with E-state index >= 15 is 0 Å². The van der Waals surface area contributed by atoms with Gasteiger partial charge in [0.15, 0.2) is 5.96 Å². The van der Waals surface area contributed by atoms with E-state index in [2.05, 4.69) is 20.7 Å². The van der Waals surface area contributed by atoms with Gasteiger partial charge in [-0.25, -0.2) is 4.39 Å². The molecule has 9 heteroatoms. The Bertz CT molecular complexity index is 652. The minimum absolute atomic E-state index is 0. The van der Waals surface area contributed by atoms with E-state index in [4.69, 9.17) is 4.74 Å². The zero-order valence-electron chi connectivity index (χ0n) is 15.3. The molecule has 27 heavy (non-hydrogen) atoms. The van der Waals surface area contributed by atoms with E-state index in [1.165, 1.54) is 24.3 Å². The molecule has 0 saturated heterocycles. The van der Waals surface area contributed by atoms with E-state index < -0.39 is 6.10 Å². The van der Waals surface area contributed by atoms with Crippen LogP contribution in [0.5, 0.6) is 5.75 Å². The third-order valence-corrected chi connectivity index (χ3v) is 3.48. The molecule has 0 bridgehead atoms. The summed E-state index contributed by atoms with van der Waals surface area (Å²) >= 11 is 0. The Labute approximate surface area is 176 Å². The van der Waals surface area contributed by atoms with Crippen LogP contribution in [0, 0.1) is 5.82 Å². The standard InChI is InChI=1S/C18H26FN5O2.HI/c1-2-20-18(21-9-3-11-24-12-4-10-23-24)22-13-16(25)14-26-17-7-5-15(19)6-8-17;/h4-8,10,12,16,25H,2-3,9,11,13-14H2,1H3,(H2,20,21,22);1H. The highest BCUT2D eigenvalue weighted by Crippen LogP contribution is 2.11. The van der Waals surface area contributed by atoms with Crippen LogP contribution >= 0.6 is 24.0 Å². The predicted molar refractivity (Wildman–Crippen MR) is 114 cm³/mol. The van der Waals surface area contributed by atoms with Crippen molar-refractivity contribution in [3.63, 3.8) is 0 Å². The second kappa shape index (κ2) is 13.3. The summed E-state index contributed by atoms with van der Waals surface area (Å²) in [7, 11) is 0. The zero-order valence-corrected chi connectivity index (χ0v) is 17.7. The van der Waals surface area contributed by atoms with Gasteiger partial charge in [0.1, 0.15) is 24.3 Å². The summed E-state index contributed by atoms with van der Waals surface area (Å²) in [4.78, 5) is 4.36. The molecule has 0 fully saturated rings. The number of benzene rings is 1. The van der Waals surface area contributed by atoms with Gasteiger partial charge in [-0.3, -0.25) is 9.67 Å². The predicted octanol–water partition coefficient (Wildman–Crippen LogP) is 2.03. The first-order valence-corrected chi connectivity index (χ1v) is 8.73. The molecule has 1 atom stereocenters. The van der Waals surface area contributed by atoms with Gasteiger partial charge in [0, 0.05) is 32.0 Å². The van der Waals surface area contributed by atoms with E-state index in [1.807, 2.05) is 23.9 Å². The minimum Gasteiger partial charge on any atom is -0.491 e. The van der Waals surface area contributed by atoms with Gasteiger partial charge in [-0.05, 0) is 43.7 Å². The maximum absolute atomic E-state index is 12.8. The molecule has 1 unspecified atom stereocenters. The monoisotopic (exact) mass is 491 g/mol. The Morgan fingerprint density at radius 3 is 2.78 bits per heavy atom. The first kappa shape index (κ1) is 23.2. The van der Waals surface area contributed by atoms with Crippen LogP contribution in [0.15, 0.2) is 47.7 Å². The quantitative estimate of drug-likeness (QED) is 0.205. The summed E-state index contributed by atoms with van der Waals surface area (Å²) in [5, 5.41) is 20.5.